The zero-order chi connectivity index (χ0) is 12.4. The van der Waals surface area contributed by atoms with E-state index >= 15 is 0 Å². The third kappa shape index (κ3) is 3.54. The summed E-state index contributed by atoms with van der Waals surface area (Å²) in [5, 5.41) is 0. The molecule has 0 N–H and O–H groups in total. The average Bonchev–Trinajstić information content (AvgIpc) is 2.33. The Labute approximate surface area is 104 Å². The van der Waals surface area contributed by atoms with E-state index in [0.717, 1.165) is 30.5 Å². The summed E-state index contributed by atoms with van der Waals surface area (Å²) in [6, 6.07) is 10.4. The maximum atomic E-state index is 11.4. The van der Waals surface area contributed by atoms with Gasteiger partial charge >= 0.3 is 0 Å². The van der Waals surface area contributed by atoms with Crippen LogP contribution in [0.1, 0.15) is 5.56 Å². The molecule has 1 saturated heterocycles. The molecule has 0 bridgehead atoms. The molecule has 0 radical (unpaired) electrons. The molecule has 0 aliphatic carbocycles. The molecule has 0 aromatic heterocycles. The van der Waals surface area contributed by atoms with Crippen LogP contribution >= 0.6 is 0 Å². The number of hydrogen-bond donors (Lipinski definition) is 0. The Morgan fingerprint density at radius 3 is 2.29 bits per heavy atom. The normalized spacial score (nSPS) is 22.2. The Kier molecular flexibility index (Phi) is 3.54. The van der Waals surface area contributed by atoms with E-state index in [1.54, 1.807) is 0 Å². The van der Waals surface area contributed by atoms with Gasteiger partial charge in [0.2, 0.25) is 0 Å². The molecule has 0 atom stereocenters. The predicted octanol–water partition coefficient (Wildman–Crippen LogP) is 1.10. The molecule has 17 heavy (non-hydrogen) atoms. The van der Waals surface area contributed by atoms with Crippen LogP contribution in [-0.2, 0) is 16.3 Å². The standard InChI is InChI=1S/C13H20NO2S/c1-14(9-11-17(15,16)12-10-14)8-7-13-5-3-2-4-6-13/h2-6H,7-12H2,1H3/q+1. The van der Waals surface area contributed by atoms with Gasteiger partial charge in [-0.15, -0.1) is 0 Å². The lowest BCUT2D eigenvalue weighted by Gasteiger charge is -2.37. The van der Waals surface area contributed by atoms with Crippen molar-refractivity contribution in [2.45, 2.75) is 6.42 Å². The van der Waals surface area contributed by atoms with Crippen molar-refractivity contribution in [1.29, 1.82) is 0 Å². The van der Waals surface area contributed by atoms with E-state index in [9.17, 15) is 8.42 Å². The minimum absolute atomic E-state index is 0.346. The highest BCUT2D eigenvalue weighted by Crippen LogP contribution is 2.13. The molecule has 0 unspecified atom stereocenters. The van der Waals surface area contributed by atoms with Crippen molar-refractivity contribution in [3.8, 4) is 0 Å². The van der Waals surface area contributed by atoms with Crippen molar-refractivity contribution in [2.75, 3.05) is 38.2 Å². The van der Waals surface area contributed by atoms with Crippen molar-refractivity contribution >= 4 is 9.84 Å². The highest BCUT2D eigenvalue weighted by Gasteiger charge is 2.31. The Morgan fingerprint density at radius 2 is 1.71 bits per heavy atom. The molecule has 0 spiro atoms. The third-order valence-electron chi connectivity index (χ3n) is 3.67. The second kappa shape index (κ2) is 4.78. The molecule has 1 aromatic carbocycles. The van der Waals surface area contributed by atoms with Crippen LogP contribution in [0, 0.1) is 0 Å². The van der Waals surface area contributed by atoms with Crippen LogP contribution in [-0.4, -0.2) is 51.1 Å². The largest absolute Gasteiger partial charge is 0.324 e. The second-order valence-electron chi connectivity index (χ2n) is 5.18. The number of hydrogen-bond acceptors (Lipinski definition) is 2. The quantitative estimate of drug-likeness (QED) is 0.757. The Balaban J connectivity index is 1.91. The zero-order valence-corrected chi connectivity index (χ0v) is 11.1. The van der Waals surface area contributed by atoms with Gasteiger partial charge in [-0.25, -0.2) is 8.42 Å². The zero-order valence-electron chi connectivity index (χ0n) is 10.3. The number of nitrogens with zero attached hydrogens (tertiary/aromatic N) is 1. The predicted molar refractivity (Wildman–Crippen MR) is 69.6 cm³/mol. The molecule has 1 aliphatic rings. The van der Waals surface area contributed by atoms with E-state index in [2.05, 4.69) is 31.3 Å². The van der Waals surface area contributed by atoms with Gasteiger partial charge in [0.25, 0.3) is 0 Å². The smallest absolute Gasteiger partial charge is 0.161 e. The number of benzene rings is 1. The van der Waals surface area contributed by atoms with Crippen LogP contribution in [0.2, 0.25) is 0 Å². The van der Waals surface area contributed by atoms with Gasteiger partial charge in [-0.3, -0.25) is 0 Å². The third-order valence-corrected chi connectivity index (χ3v) is 5.28. The van der Waals surface area contributed by atoms with Crippen molar-refractivity contribution in [1.82, 2.24) is 0 Å². The average molecular weight is 254 g/mol. The van der Waals surface area contributed by atoms with Gasteiger partial charge in [0.15, 0.2) is 9.84 Å². The van der Waals surface area contributed by atoms with Crippen LogP contribution in [0.15, 0.2) is 30.3 Å². The van der Waals surface area contributed by atoms with E-state index in [1.807, 2.05) is 6.07 Å². The maximum Gasteiger partial charge on any atom is 0.161 e. The van der Waals surface area contributed by atoms with Gasteiger partial charge in [-0.2, -0.15) is 0 Å². The van der Waals surface area contributed by atoms with E-state index in [-0.39, 0.29) is 0 Å². The molecule has 3 nitrogen and oxygen atoms in total. The van der Waals surface area contributed by atoms with Gasteiger partial charge in [-0.1, -0.05) is 30.3 Å². The molecule has 0 amide bonds. The fourth-order valence-corrected chi connectivity index (χ4v) is 3.84. The van der Waals surface area contributed by atoms with E-state index in [0.29, 0.717) is 11.5 Å². The topological polar surface area (TPSA) is 34.1 Å². The fraction of sp³-hybridized carbons (Fsp3) is 0.538. The summed E-state index contributed by atoms with van der Waals surface area (Å²) >= 11 is 0. The molecule has 94 valence electrons. The van der Waals surface area contributed by atoms with E-state index < -0.39 is 9.84 Å². The summed E-state index contributed by atoms with van der Waals surface area (Å²) < 4.78 is 23.7. The van der Waals surface area contributed by atoms with E-state index in [1.165, 1.54) is 5.56 Å². The van der Waals surface area contributed by atoms with Crippen molar-refractivity contribution < 1.29 is 12.9 Å². The molecule has 0 saturated carbocycles. The monoisotopic (exact) mass is 254 g/mol. The first-order valence-electron chi connectivity index (χ1n) is 6.07. The second-order valence-corrected chi connectivity index (χ2v) is 7.48. The maximum absolute atomic E-state index is 11.4. The van der Waals surface area contributed by atoms with Crippen LogP contribution in [0.25, 0.3) is 0 Å². The lowest BCUT2D eigenvalue weighted by Crippen LogP contribution is -2.54. The molecule has 4 heteroatoms. The number of quaternary nitrogens is 1. The first-order chi connectivity index (χ1) is 7.99. The summed E-state index contributed by atoms with van der Waals surface area (Å²) in [6.07, 6.45) is 1.03. The number of likely N-dealkylation sites (N-methyl/N-ethyl adjacent to an activating group) is 1. The first kappa shape index (κ1) is 12.6. The highest BCUT2D eigenvalue weighted by molar-refractivity contribution is 7.91. The van der Waals surface area contributed by atoms with Crippen LogP contribution in [0.5, 0.6) is 0 Å². The number of rotatable bonds is 3. The fourth-order valence-electron chi connectivity index (χ4n) is 2.20. The summed E-state index contributed by atoms with van der Waals surface area (Å²) in [4.78, 5) is 0. The SMILES string of the molecule is C[N+]1(CCc2ccccc2)CCS(=O)(=O)CC1. The van der Waals surface area contributed by atoms with Crippen LogP contribution < -0.4 is 0 Å². The summed E-state index contributed by atoms with van der Waals surface area (Å²) in [5.41, 5.74) is 1.33. The molecular formula is C13H20NO2S+. The molecular weight excluding hydrogens is 234 g/mol. The summed E-state index contributed by atoms with van der Waals surface area (Å²) in [5.74, 6) is 0.691. The van der Waals surface area contributed by atoms with Gasteiger partial charge in [0.1, 0.15) is 0 Å². The molecule has 1 heterocycles. The van der Waals surface area contributed by atoms with Crippen molar-refractivity contribution in [3.05, 3.63) is 35.9 Å². The molecule has 1 aliphatic heterocycles. The van der Waals surface area contributed by atoms with Gasteiger partial charge in [0, 0.05) is 6.42 Å². The van der Waals surface area contributed by atoms with Crippen molar-refractivity contribution in [2.24, 2.45) is 0 Å². The number of sulfone groups is 1. The summed E-state index contributed by atoms with van der Waals surface area (Å²) in [7, 11) is -0.588. The first-order valence-corrected chi connectivity index (χ1v) is 7.89. The van der Waals surface area contributed by atoms with Crippen LogP contribution in [0.3, 0.4) is 0 Å². The Morgan fingerprint density at radius 1 is 1.12 bits per heavy atom. The van der Waals surface area contributed by atoms with Gasteiger partial charge < -0.3 is 4.48 Å². The highest BCUT2D eigenvalue weighted by atomic mass is 32.2. The van der Waals surface area contributed by atoms with Crippen LogP contribution in [0.4, 0.5) is 0 Å². The minimum Gasteiger partial charge on any atom is -0.324 e. The Bertz CT molecular complexity index is 453. The molecule has 1 fully saturated rings. The van der Waals surface area contributed by atoms with E-state index in [4.69, 9.17) is 0 Å². The van der Waals surface area contributed by atoms with Gasteiger partial charge in [0.05, 0.1) is 38.2 Å². The minimum atomic E-state index is -2.75. The van der Waals surface area contributed by atoms with Gasteiger partial charge in [-0.05, 0) is 5.56 Å². The Hall–Kier alpha value is -0.870. The summed E-state index contributed by atoms with van der Waals surface area (Å²) in [6.45, 7) is 2.55. The lowest BCUT2D eigenvalue weighted by atomic mass is 10.1. The van der Waals surface area contributed by atoms with Crippen molar-refractivity contribution in [3.63, 3.8) is 0 Å². The molecule has 2 rings (SSSR count). The lowest BCUT2D eigenvalue weighted by molar-refractivity contribution is -0.906. The molecule has 1 aromatic rings.